The minimum atomic E-state index is -0.591. The van der Waals surface area contributed by atoms with Crippen LogP contribution >= 0.6 is 0 Å². The second-order valence-electron chi connectivity index (χ2n) is 8.32. The zero-order chi connectivity index (χ0) is 21.6. The van der Waals surface area contributed by atoms with Gasteiger partial charge in [-0.1, -0.05) is 13.0 Å². The average molecular weight is 407 g/mol. The Kier molecular flexibility index (Phi) is 7.76. The van der Waals surface area contributed by atoms with E-state index in [1.165, 1.54) is 4.90 Å². The summed E-state index contributed by atoms with van der Waals surface area (Å²) in [7, 11) is 1.60. The molecule has 1 unspecified atom stereocenters. The van der Waals surface area contributed by atoms with Crippen LogP contribution < -0.4 is 14.8 Å². The number of ether oxygens (including phenoxy) is 3. The summed E-state index contributed by atoms with van der Waals surface area (Å²) in [6.45, 7) is 10.6. The Balaban J connectivity index is 2.05. The van der Waals surface area contributed by atoms with Crippen molar-refractivity contribution in [2.24, 2.45) is 0 Å². The summed E-state index contributed by atoms with van der Waals surface area (Å²) in [5.74, 6) is 1.14. The van der Waals surface area contributed by atoms with E-state index in [-0.39, 0.29) is 11.9 Å². The number of methoxy groups -OCH3 is 1. The molecule has 7 nitrogen and oxygen atoms in total. The first kappa shape index (κ1) is 22.8. The van der Waals surface area contributed by atoms with E-state index in [9.17, 15) is 9.59 Å². The molecule has 29 heavy (non-hydrogen) atoms. The van der Waals surface area contributed by atoms with Crippen LogP contribution in [-0.4, -0.2) is 48.8 Å². The van der Waals surface area contributed by atoms with Gasteiger partial charge in [0, 0.05) is 6.54 Å². The van der Waals surface area contributed by atoms with Gasteiger partial charge in [0.05, 0.1) is 19.8 Å². The van der Waals surface area contributed by atoms with Gasteiger partial charge in [-0.25, -0.2) is 4.79 Å². The molecule has 2 amide bonds. The fraction of sp³-hybridized carbons (Fsp3) is 0.636. The fourth-order valence-electron chi connectivity index (χ4n) is 3.26. The number of nitrogens with zero attached hydrogens (tertiary/aromatic N) is 1. The van der Waals surface area contributed by atoms with Gasteiger partial charge in [-0.3, -0.25) is 9.69 Å². The predicted octanol–water partition coefficient (Wildman–Crippen LogP) is 4.06. The highest BCUT2D eigenvalue weighted by Crippen LogP contribution is 2.31. The molecule has 0 aromatic heterocycles. The Morgan fingerprint density at radius 2 is 2.00 bits per heavy atom. The Labute approximate surface area is 173 Å². The maximum atomic E-state index is 12.9. The lowest BCUT2D eigenvalue weighted by Gasteiger charge is -2.28. The Morgan fingerprint density at radius 3 is 2.62 bits per heavy atom. The molecule has 0 radical (unpaired) electrons. The number of likely N-dealkylation sites (tertiary alicyclic amines) is 1. The molecule has 1 saturated heterocycles. The number of carbonyl (C=O) groups excluding carboxylic acids is 2. The number of hydrogen-bond donors (Lipinski definition) is 1. The fourth-order valence-corrected chi connectivity index (χ4v) is 3.26. The monoisotopic (exact) mass is 406 g/mol. The normalized spacial score (nSPS) is 17.6. The van der Waals surface area contributed by atoms with E-state index in [0.717, 1.165) is 18.4 Å². The molecule has 0 aliphatic carbocycles. The third kappa shape index (κ3) is 6.27. The minimum absolute atomic E-state index is 0.175. The van der Waals surface area contributed by atoms with Crippen LogP contribution in [0.25, 0.3) is 0 Å². The number of benzene rings is 1. The van der Waals surface area contributed by atoms with E-state index in [4.69, 9.17) is 14.2 Å². The van der Waals surface area contributed by atoms with Crippen molar-refractivity contribution >= 4 is 12.0 Å². The zero-order valence-electron chi connectivity index (χ0n) is 18.4. The summed E-state index contributed by atoms with van der Waals surface area (Å²) < 4.78 is 16.6. The summed E-state index contributed by atoms with van der Waals surface area (Å²) >= 11 is 0. The summed E-state index contributed by atoms with van der Waals surface area (Å²) in [4.78, 5) is 26.8. The van der Waals surface area contributed by atoms with Gasteiger partial charge >= 0.3 is 6.09 Å². The lowest BCUT2D eigenvalue weighted by atomic mass is 10.1. The molecule has 1 aliphatic heterocycles. The molecule has 2 atom stereocenters. The highest BCUT2D eigenvalue weighted by atomic mass is 16.6. The van der Waals surface area contributed by atoms with Crippen molar-refractivity contribution in [2.75, 3.05) is 20.3 Å². The molecule has 1 N–H and O–H groups in total. The number of hydrogen-bond acceptors (Lipinski definition) is 5. The molecule has 1 aromatic rings. The zero-order valence-corrected chi connectivity index (χ0v) is 18.4. The maximum Gasteiger partial charge on any atom is 0.410 e. The van der Waals surface area contributed by atoms with Crippen LogP contribution in [0.5, 0.6) is 11.5 Å². The first-order chi connectivity index (χ1) is 13.7. The standard InChI is InChI=1S/C22H34N2O5/c1-7-13-28-18-11-10-16(14-19(18)27-6)15(2)23-20(25)17-9-8-12-24(17)21(26)29-22(3,4)5/h10-11,14-15,17H,7-9,12-13H2,1-6H3,(H,23,25)/t15?,17-/m0/s1. The second-order valence-corrected chi connectivity index (χ2v) is 8.32. The van der Waals surface area contributed by atoms with E-state index in [1.807, 2.05) is 52.8 Å². The smallest absolute Gasteiger partial charge is 0.410 e. The lowest BCUT2D eigenvalue weighted by Crippen LogP contribution is -2.48. The molecule has 1 fully saturated rings. The van der Waals surface area contributed by atoms with Crippen molar-refractivity contribution in [2.45, 2.75) is 71.6 Å². The Morgan fingerprint density at radius 1 is 1.28 bits per heavy atom. The lowest BCUT2D eigenvalue weighted by molar-refractivity contribution is -0.126. The Bertz CT molecular complexity index is 714. The van der Waals surface area contributed by atoms with E-state index < -0.39 is 17.7 Å². The average Bonchev–Trinajstić information content (AvgIpc) is 3.15. The van der Waals surface area contributed by atoms with Crippen molar-refractivity contribution < 1.29 is 23.8 Å². The number of carbonyl (C=O) groups is 2. The molecule has 1 aliphatic rings. The van der Waals surface area contributed by atoms with Crippen LogP contribution in [0.2, 0.25) is 0 Å². The van der Waals surface area contributed by atoms with Gasteiger partial charge in [0.2, 0.25) is 5.91 Å². The third-order valence-corrected chi connectivity index (χ3v) is 4.69. The van der Waals surface area contributed by atoms with Gasteiger partial charge in [0.25, 0.3) is 0 Å². The van der Waals surface area contributed by atoms with Gasteiger partial charge in [0.15, 0.2) is 11.5 Å². The van der Waals surface area contributed by atoms with Crippen molar-refractivity contribution in [1.29, 1.82) is 0 Å². The van der Waals surface area contributed by atoms with Gasteiger partial charge < -0.3 is 19.5 Å². The van der Waals surface area contributed by atoms with Crippen LogP contribution in [0.4, 0.5) is 4.79 Å². The van der Waals surface area contributed by atoms with E-state index in [0.29, 0.717) is 31.1 Å². The van der Waals surface area contributed by atoms with E-state index >= 15 is 0 Å². The van der Waals surface area contributed by atoms with Crippen LogP contribution in [0.3, 0.4) is 0 Å². The molecular weight excluding hydrogens is 372 g/mol. The van der Waals surface area contributed by atoms with Crippen molar-refractivity contribution in [3.05, 3.63) is 23.8 Å². The third-order valence-electron chi connectivity index (χ3n) is 4.69. The second kappa shape index (κ2) is 9.85. The number of nitrogens with one attached hydrogen (secondary N) is 1. The summed E-state index contributed by atoms with van der Waals surface area (Å²) in [6.07, 6.45) is 1.88. The summed E-state index contributed by atoms with van der Waals surface area (Å²) in [5.41, 5.74) is 0.312. The number of amides is 2. The quantitative estimate of drug-likeness (QED) is 0.739. The van der Waals surface area contributed by atoms with Crippen LogP contribution in [-0.2, 0) is 9.53 Å². The maximum absolute atomic E-state index is 12.9. The molecule has 1 aromatic carbocycles. The van der Waals surface area contributed by atoms with Gasteiger partial charge in [-0.05, 0) is 64.7 Å². The van der Waals surface area contributed by atoms with Crippen molar-refractivity contribution in [3.8, 4) is 11.5 Å². The van der Waals surface area contributed by atoms with Crippen LogP contribution in [0.1, 0.15) is 65.5 Å². The van der Waals surface area contributed by atoms with E-state index in [1.54, 1.807) is 7.11 Å². The highest BCUT2D eigenvalue weighted by molar-refractivity contribution is 5.86. The molecule has 1 heterocycles. The van der Waals surface area contributed by atoms with Gasteiger partial charge in [-0.2, -0.15) is 0 Å². The van der Waals surface area contributed by atoms with Gasteiger partial charge in [-0.15, -0.1) is 0 Å². The minimum Gasteiger partial charge on any atom is -0.493 e. The van der Waals surface area contributed by atoms with Crippen LogP contribution in [0.15, 0.2) is 18.2 Å². The molecule has 0 bridgehead atoms. The number of rotatable bonds is 7. The molecule has 7 heteroatoms. The molecule has 0 saturated carbocycles. The SMILES string of the molecule is CCCOc1ccc(C(C)NC(=O)[C@@H]2CCCN2C(=O)OC(C)(C)C)cc1OC. The van der Waals surface area contributed by atoms with Crippen molar-refractivity contribution in [3.63, 3.8) is 0 Å². The first-order valence-electron chi connectivity index (χ1n) is 10.3. The Hall–Kier alpha value is -2.44. The van der Waals surface area contributed by atoms with E-state index in [2.05, 4.69) is 5.32 Å². The highest BCUT2D eigenvalue weighted by Gasteiger charge is 2.37. The molecular formula is C22H34N2O5. The molecule has 2 rings (SSSR count). The van der Waals surface area contributed by atoms with Crippen LogP contribution in [0, 0.1) is 0 Å². The van der Waals surface area contributed by atoms with Crippen molar-refractivity contribution in [1.82, 2.24) is 10.2 Å². The largest absolute Gasteiger partial charge is 0.493 e. The first-order valence-corrected chi connectivity index (χ1v) is 10.3. The summed E-state index contributed by atoms with van der Waals surface area (Å²) in [5, 5.41) is 3.02. The molecule has 0 spiro atoms. The summed E-state index contributed by atoms with van der Waals surface area (Å²) in [6, 6.07) is 4.89. The predicted molar refractivity (Wildman–Crippen MR) is 111 cm³/mol. The van der Waals surface area contributed by atoms with Gasteiger partial charge in [0.1, 0.15) is 11.6 Å². The topological polar surface area (TPSA) is 77.1 Å². The molecule has 162 valence electrons.